The maximum Gasteiger partial charge on any atom is 0.421 e. The molecule has 0 aliphatic heterocycles. The van der Waals surface area contributed by atoms with Crippen molar-refractivity contribution in [2.75, 3.05) is 21.1 Å². The standard InChI is InChI=1S/C22H25F3N6O3S/c1-4-35(33,34)31-17-6-5-11-26-18(17)13-27-19-16(22(23,24)25)12-28-20(30-19)29-15-9-7-14(8-10-15)21(2,3)32/h5-12,31-32H,4,13H2,1-3H3,(H2,27,28,29,30). The third-order valence-corrected chi connectivity index (χ3v) is 6.19. The Balaban J connectivity index is 1.86. The van der Waals surface area contributed by atoms with Crippen molar-refractivity contribution in [1.29, 1.82) is 0 Å². The minimum absolute atomic E-state index is 0.0931. The van der Waals surface area contributed by atoms with Gasteiger partial charge in [0.05, 0.1) is 29.3 Å². The van der Waals surface area contributed by atoms with Gasteiger partial charge in [-0.2, -0.15) is 18.2 Å². The molecule has 0 amide bonds. The summed E-state index contributed by atoms with van der Waals surface area (Å²) in [5, 5.41) is 15.5. The molecule has 2 aromatic heterocycles. The molecular weight excluding hydrogens is 485 g/mol. The van der Waals surface area contributed by atoms with Gasteiger partial charge in [-0.05, 0) is 50.6 Å². The smallest absolute Gasteiger partial charge is 0.386 e. The molecule has 0 atom stereocenters. The number of pyridine rings is 1. The van der Waals surface area contributed by atoms with Crippen LogP contribution in [0, 0.1) is 0 Å². The second-order valence-corrected chi connectivity index (χ2v) is 10.1. The fraction of sp³-hybridized carbons (Fsp3) is 0.318. The molecule has 0 radical (unpaired) electrons. The molecule has 0 spiro atoms. The van der Waals surface area contributed by atoms with Crippen molar-refractivity contribution in [3.05, 3.63) is 65.6 Å². The van der Waals surface area contributed by atoms with E-state index in [1.165, 1.54) is 25.3 Å². The molecule has 0 aliphatic carbocycles. The first kappa shape index (κ1) is 26.2. The molecule has 0 saturated carbocycles. The molecule has 35 heavy (non-hydrogen) atoms. The summed E-state index contributed by atoms with van der Waals surface area (Å²) in [5.74, 6) is -0.771. The number of rotatable bonds is 9. The maximum absolute atomic E-state index is 13.6. The van der Waals surface area contributed by atoms with Crippen LogP contribution in [0.3, 0.4) is 0 Å². The van der Waals surface area contributed by atoms with Crippen molar-refractivity contribution < 1.29 is 26.7 Å². The Kier molecular flexibility index (Phi) is 7.50. The van der Waals surface area contributed by atoms with Gasteiger partial charge in [0.25, 0.3) is 0 Å². The van der Waals surface area contributed by atoms with E-state index in [0.717, 1.165) is 0 Å². The predicted molar refractivity (Wildman–Crippen MR) is 127 cm³/mol. The molecule has 3 aromatic rings. The quantitative estimate of drug-likeness (QED) is 0.337. The number of anilines is 4. The topological polar surface area (TPSA) is 129 Å². The van der Waals surface area contributed by atoms with Crippen molar-refractivity contribution >= 4 is 33.2 Å². The second-order valence-electron chi connectivity index (χ2n) is 8.07. The van der Waals surface area contributed by atoms with E-state index in [9.17, 15) is 26.7 Å². The molecule has 4 N–H and O–H groups in total. The van der Waals surface area contributed by atoms with E-state index in [2.05, 4.69) is 30.3 Å². The predicted octanol–water partition coefficient (Wildman–Crippen LogP) is 4.24. The Morgan fingerprint density at radius 1 is 1.06 bits per heavy atom. The van der Waals surface area contributed by atoms with Gasteiger partial charge < -0.3 is 15.7 Å². The Morgan fingerprint density at radius 3 is 2.34 bits per heavy atom. The van der Waals surface area contributed by atoms with Crippen LogP contribution in [0.5, 0.6) is 0 Å². The first-order valence-corrected chi connectivity index (χ1v) is 12.2. The lowest BCUT2D eigenvalue weighted by Crippen LogP contribution is -2.18. The average molecular weight is 511 g/mol. The number of aromatic nitrogens is 3. The number of nitrogens with zero attached hydrogens (tertiary/aromatic N) is 3. The van der Waals surface area contributed by atoms with E-state index in [4.69, 9.17) is 0 Å². The van der Waals surface area contributed by atoms with Gasteiger partial charge >= 0.3 is 6.18 Å². The summed E-state index contributed by atoms with van der Waals surface area (Å²) in [7, 11) is -3.61. The van der Waals surface area contributed by atoms with Crippen molar-refractivity contribution in [1.82, 2.24) is 15.0 Å². The fourth-order valence-corrected chi connectivity index (χ4v) is 3.62. The molecule has 9 nitrogen and oxygen atoms in total. The lowest BCUT2D eigenvalue weighted by Gasteiger charge is -2.18. The molecule has 2 heterocycles. The van der Waals surface area contributed by atoms with E-state index >= 15 is 0 Å². The summed E-state index contributed by atoms with van der Waals surface area (Å²) in [6.07, 6.45) is -2.68. The van der Waals surface area contributed by atoms with E-state index in [1.807, 2.05) is 0 Å². The van der Waals surface area contributed by atoms with E-state index < -0.39 is 33.2 Å². The zero-order valence-electron chi connectivity index (χ0n) is 19.2. The Bertz CT molecular complexity index is 1280. The molecule has 0 unspecified atom stereocenters. The fourth-order valence-electron chi connectivity index (χ4n) is 2.95. The SMILES string of the molecule is CCS(=O)(=O)Nc1cccnc1CNc1nc(Nc2ccc(C(C)(C)O)cc2)ncc1C(F)(F)F. The van der Waals surface area contributed by atoms with Crippen LogP contribution >= 0.6 is 0 Å². The van der Waals surface area contributed by atoms with Crippen LogP contribution in [0.25, 0.3) is 0 Å². The molecule has 0 bridgehead atoms. The van der Waals surface area contributed by atoms with Crippen molar-refractivity contribution in [3.8, 4) is 0 Å². The van der Waals surface area contributed by atoms with Gasteiger partial charge in [0, 0.05) is 18.1 Å². The summed E-state index contributed by atoms with van der Waals surface area (Å²) in [6.45, 7) is 4.49. The first-order chi connectivity index (χ1) is 16.3. The third-order valence-electron chi connectivity index (χ3n) is 4.90. The van der Waals surface area contributed by atoms with Crippen LogP contribution in [0.2, 0.25) is 0 Å². The molecule has 0 saturated heterocycles. The Morgan fingerprint density at radius 2 is 1.74 bits per heavy atom. The molecule has 0 aliphatic rings. The number of sulfonamides is 1. The molecule has 3 rings (SSSR count). The van der Waals surface area contributed by atoms with Gasteiger partial charge in [0.1, 0.15) is 11.4 Å². The number of benzene rings is 1. The molecule has 0 fully saturated rings. The second kappa shape index (κ2) is 10.0. The lowest BCUT2D eigenvalue weighted by atomic mass is 9.98. The summed E-state index contributed by atoms with van der Waals surface area (Å²) in [5.41, 5.74) is -0.640. The first-order valence-electron chi connectivity index (χ1n) is 10.5. The van der Waals surface area contributed by atoms with Gasteiger partial charge in [0.2, 0.25) is 16.0 Å². The average Bonchev–Trinajstić information content (AvgIpc) is 2.77. The number of hydrogen-bond acceptors (Lipinski definition) is 8. The van der Waals surface area contributed by atoms with Crippen LogP contribution < -0.4 is 15.4 Å². The van der Waals surface area contributed by atoms with Crippen molar-refractivity contribution in [2.24, 2.45) is 0 Å². The van der Waals surface area contributed by atoms with Crippen LogP contribution in [-0.4, -0.2) is 34.2 Å². The van der Waals surface area contributed by atoms with E-state index in [-0.39, 0.29) is 29.6 Å². The minimum atomic E-state index is -4.73. The Hall–Kier alpha value is -3.45. The third kappa shape index (κ3) is 7.02. The largest absolute Gasteiger partial charge is 0.421 e. The zero-order valence-corrected chi connectivity index (χ0v) is 20.0. The number of aliphatic hydroxyl groups is 1. The summed E-state index contributed by atoms with van der Waals surface area (Å²) in [6, 6.07) is 9.60. The number of halogens is 3. The van der Waals surface area contributed by atoms with Gasteiger partial charge in [0.15, 0.2) is 0 Å². The van der Waals surface area contributed by atoms with Crippen molar-refractivity contribution in [3.63, 3.8) is 0 Å². The number of hydrogen-bond donors (Lipinski definition) is 4. The van der Waals surface area contributed by atoms with Crippen LogP contribution in [0.15, 0.2) is 48.8 Å². The molecular formula is C22H25F3N6O3S. The van der Waals surface area contributed by atoms with Crippen LogP contribution in [0.1, 0.15) is 37.6 Å². The number of nitrogens with one attached hydrogen (secondary N) is 3. The van der Waals surface area contributed by atoms with Gasteiger partial charge in [-0.1, -0.05) is 12.1 Å². The zero-order chi connectivity index (χ0) is 25.9. The normalized spacial score (nSPS) is 12.3. The van der Waals surface area contributed by atoms with E-state index in [0.29, 0.717) is 17.4 Å². The van der Waals surface area contributed by atoms with Crippen LogP contribution in [0.4, 0.5) is 36.3 Å². The highest BCUT2D eigenvalue weighted by Crippen LogP contribution is 2.34. The Labute approximate surface area is 200 Å². The highest BCUT2D eigenvalue weighted by atomic mass is 32.2. The molecule has 1 aromatic carbocycles. The van der Waals surface area contributed by atoms with E-state index in [1.54, 1.807) is 38.1 Å². The monoisotopic (exact) mass is 510 g/mol. The van der Waals surface area contributed by atoms with Gasteiger partial charge in [-0.25, -0.2) is 13.4 Å². The minimum Gasteiger partial charge on any atom is -0.386 e. The maximum atomic E-state index is 13.6. The molecule has 188 valence electrons. The highest BCUT2D eigenvalue weighted by molar-refractivity contribution is 7.92. The molecule has 13 heteroatoms. The summed E-state index contributed by atoms with van der Waals surface area (Å²) >= 11 is 0. The summed E-state index contributed by atoms with van der Waals surface area (Å²) in [4.78, 5) is 11.8. The van der Waals surface area contributed by atoms with Crippen molar-refractivity contribution in [2.45, 2.75) is 39.1 Å². The number of alkyl halides is 3. The highest BCUT2D eigenvalue weighted by Gasteiger charge is 2.35. The lowest BCUT2D eigenvalue weighted by molar-refractivity contribution is -0.137. The van der Waals surface area contributed by atoms with Crippen LogP contribution in [-0.2, 0) is 28.3 Å². The van der Waals surface area contributed by atoms with Gasteiger partial charge in [-0.3, -0.25) is 9.71 Å². The van der Waals surface area contributed by atoms with Gasteiger partial charge in [-0.15, -0.1) is 0 Å². The summed E-state index contributed by atoms with van der Waals surface area (Å²) < 4.78 is 66.9.